The van der Waals surface area contributed by atoms with E-state index in [2.05, 4.69) is 15.6 Å². The number of benzene rings is 2. The summed E-state index contributed by atoms with van der Waals surface area (Å²) in [6.07, 6.45) is -0.0423. The summed E-state index contributed by atoms with van der Waals surface area (Å²) in [5.74, 6) is -2.13. The van der Waals surface area contributed by atoms with Crippen LogP contribution in [0.15, 0.2) is 53.3 Å². The van der Waals surface area contributed by atoms with E-state index in [0.29, 0.717) is 16.5 Å². The Kier molecular flexibility index (Phi) is 5.35. The van der Waals surface area contributed by atoms with E-state index in [4.69, 9.17) is 0 Å². The number of phenolic OH excluding ortho intramolecular Hbond substituents is 1. The zero-order chi connectivity index (χ0) is 20.3. The predicted octanol–water partition coefficient (Wildman–Crippen LogP) is -0.464. The summed E-state index contributed by atoms with van der Waals surface area (Å²) in [4.78, 5) is 36.5. The molecule has 2 atom stereocenters. The Morgan fingerprint density at radius 3 is 2.54 bits per heavy atom. The number of nitrogens with zero attached hydrogens (tertiary/aromatic N) is 3. The number of carbonyl (C=O) groups is 2. The van der Waals surface area contributed by atoms with Gasteiger partial charge in [0.15, 0.2) is 0 Å². The van der Waals surface area contributed by atoms with E-state index in [1.807, 2.05) is 0 Å². The van der Waals surface area contributed by atoms with Crippen molar-refractivity contribution >= 4 is 22.8 Å². The number of carboxylic acid groups (broad SMARTS) is 1. The number of aliphatic carboxylic acids is 1. The highest BCUT2D eigenvalue weighted by Crippen LogP contribution is 2.12. The summed E-state index contributed by atoms with van der Waals surface area (Å²) < 4.78 is 0.907. The number of amides is 1. The number of carbonyl (C=O) groups excluding carboxylic acids is 2. The molecular formula is C19H17N4O5-. The van der Waals surface area contributed by atoms with Gasteiger partial charge < -0.3 is 20.3 Å². The lowest BCUT2D eigenvalue weighted by atomic mass is 10.1. The molecule has 0 fully saturated rings. The molecule has 9 nitrogen and oxygen atoms in total. The first-order chi connectivity index (χ1) is 13.4. The van der Waals surface area contributed by atoms with Gasteiger partial charge in [-0.25, -0.2) is 0 Å². The number of hydrogen-bond acceptors (Lipinski definition) is 7. The molecule has 0 saturated heterocycles. The number of rotatable bonds is 6. The molecule has 0 radical (unpaired) electrons. The Morgan fingerprint density at radius 2 is 1.86 bits per heavy atom. The minimum atomic E-state index is -1.47. The molecule has 0 aliphatic carbocycles. The van der Waals surface area contributed by atoms with E-state index in [1.54, 1.807) is 36.4 Å². The maximum Gasteiger partial charge on any atom is 0.278 e. The molecule has 0 unspecified atom stereocenters. The lowest BCUT2D eigenvalue weighted by molar-refractivity contribution is -0.308. The summed E-state index contributed by atoms with van der Waals surface area (Å²) in [7, 11) is 0. The first-order valence-corrected chi connectivity index (χ1v) is 8.50. The number of fused-ring (bicyclic) bond motifs is 1. The normalized spacial score (nSPS) is 13.0. The fourth-order valence-electron chi connectivity index (χ4n) is 2.72. The van der Waals surface area contributed by atoms with Crippen molar-refractivity contribution in [1.29, 1.82) is 0 Å². The summed E-state index contributed by atoms with van der Waals surface area (Å²) >= 11 is 0. The molecule has 2 aromatic carbocycles. The van der Waals surface area contributed by atoms with E-state index in [9.17, 15) is 24.6 Å². The van der Waals surface area contributed by atoms with Crippen LogP contribution in [-0.2, 0) is 16.0 Å². The molecule has 9 heteroatoms. The van der Waals surface area contributed by atoms with Gasteiger partial charge in [0, 0.05) is 0 Å². The number of aromatic hydroxyl groups is 1. The second-order valence-electron chi connectivity index (χ2n) is 6.28. The van der Waals surface area contributed by atoms with Gasteiger partial charge in [-0.2, -0.15) is 4.68 Å². The molecule has 0 bridgehead atoms. The third kappa shape index (κ3) is 3.98. The second-order valence-corrected chi connectivity index (χ2v) is 6.28. The van der Waals surface area contributed by atoms with Crippen LogP contribution in [-0.4, -0.2) is 38.0 Å². The maximum atomic E-state index is 12.5. The quantitative estimate of drug-likeness (QED) is 0.589. The Labute approximate surface area is 159 Å². The van der Waals surface area contributed by atoms with Crippen LogP contribution in [0.2, 0.25) is 0 Å². The average molecular weight is 381 g/mol. The number of aromatic nitrogens is 3. The monoisotopic (exact) mass is 381 g/mol. The zero-order valence-electron chi connectivity index (χ0n) is 14.9. The number of hydrogen-bond donors (Lipinski definition) is 2. The van der Waals surface area contributed by atoms with Crippen molar-refractivity contribution in [3.63, 3.8) is 0 Å². The molecule has 0 saturated carbocycles. The van der Waals surface area contributed by atoms with Crippen molar-refractivity contribution in [3.8, 4) is 5.75 Å². The molecule has 28 heavy (non-hydrogen) atoms. The number of carboxylic acids is 1. The molecule has 0 aliphatic heterocycles. The van der Waals surface area contributed by atoms with Gasteiger partial charge in [-0.1, -0.05) is 29.5 Å². The zero-order valence-corrected chi connectivity index (χ0v) is 14.9. The molecular weight excluding hydrogens is 364 g/mol. The van der Waals surface area contributed by atoms with Crippen LogP contribution < -0.4 is 16.0 Å². The van der Waals surface area contributed by atoms with E-state index in [1.165, 1.54) is 19.1 Å². The van der Waals surface area contributed by atoms with Gasteiger partial charge in [-0.15, -0.1) is 5.10 Å². The fraction of sp³-hybridized carbons (Fsp3) is 0.211. The molecule has 2 N–H and O–H groups in total. The van der Waals surface area contributed by atoms with E-state index < -0.39 is 29.5 Å². The highest BCUT2D eigenvalue weighted by atomic mass is 16.4. The molecule has 1 heterocycles. The third-order valence-electron chi connectivity index (χ3n) is 4.31. The first kappa shape index (κ1) is 19.0. The van der Waals surface area contributed by atoms with Gasteiger partial charge in [-0.3, -0.25) is 9.59 Å². The van der Waals surface area contributed by atoms with Crippen LogP contribution in [0.1, 0.15) is 18.5 Å². The Hall–Kier alpha value is -3.75. The SMILES string of the molecule is C[C@@H](C(=O)N[C@@H](Cc1ccc(O)cc1)C(=O)[O-])n1nnc2ccccc2c1=O. The standard InChI is InChI=1S/C19H18N4O5/c1-11(23-18(26)14-4-2-3-5-15(14)21-22-23)17(25)20-16(19(27)28)10-12-6-8-13(24)9-7-12/h2-9,11,16,24H,10H2,1H3,(H,20,25)(H,27,28)/p-1/t11-,16-/m0/s1. The van der Waals surface area contributed by atoms with Gasteiger partial charge in [0.2, 0.25) is 5.91 Å². The third-order valence-corrected chi connectivity index (χ3v) is 4.31. The first-order valence-electron chi connectivity index (χ1n) is 8.50. The van der Waals surface area contributed by atoms with Crippen molar-refractivity contribution in [2.24, 2.45) is 0 Å². The smallest absolute Gasteiger partial charge is 0.278 e. The molecule has 3 rings (SSSR count). The van der Waals surface area contributed by atoms with Crippen LogP contribution in [0.5, 0.6) is 5.75 Å². The number of phenols is 1. The average Bonchev–Trinajstić information content (AvgIpc) is 2.69. The molecule has 144 valence electrons. The van der Waals surface area contributed by atoms with Gasteiger partial charge in [0.05, 0.1) is 17.4 Å². The minimum absolute atomic E-state index is 0.0423. The summed E-state index contributed by atoms with van der Waals surface area (Å²) in [5.41, 5.74) is 0.482. The molecule has 1 aromatic heterocycles. The van der Waals surface area contributed by atoms with Crippen molar-refractivity contribution in [3.05, 3.63) is 64.4 Å². The molecule has 3 aromatic rings. The molecule has 0 spiro atoms. The van der Waals surface area contributed by atoms with Gasteiger partial charge in [-0.05, 0) is 43.2 Å². The summed E-state index contributed by atoms with van der Waals surface area (Å²) in [6, 6.07) is 10.1. The number of nitrogens with one attached hydrogen (secondary N) is 1. The van der Waals surface area contributed by atoms with Gasteiger partial charge >= 0.3 is 0 Å². The highest BCUT2D eigenvalue weighted by molar-refractivity contribution is 5.85. The van der Waals surface area contributed by atoms with E-state index in [0.717, 1.165) is 4.68 Å². The lowest BCUT2D eigenvalue weighted by Crippen LogP contribution is -2.51. The molecule has 0 aliphatic rings. The predicted molar refractivity (Wildman–Crippen MR) is 97.3 cm³/mol. The lowest BCUT2D eigenvalue weighted by Gasteiger charge is -2.22. The highest BCUT2D eigenvalue weighted by Gasteiger charge is 2.23. The van der Waals surface area contributed by atoms with Crippen LogP contribution in [0.3, 0.4) is 0 Å². The fourth-order valence-corrected chi connectivity index (χ4v) is 2.72. The maximum absolute atomic E-state index is 12.5. The van der Waals surface area contributed by atoms with Crippen LogP contribution in [0, 0.1) is 0 Å². The van der Waals surface area contributed by atoms with Crippen molar-refractivity contribution in [2.75, 3.05) is 0 Å². The topological polar surface area (TPSA) is 137 Å². The summed E-state index contributed by atoms with van der Waals surface area (Å²) in [6.45, 7) is 1.42. The Morgan fingerprint density at radius 1 is 1.18 bits per heavy atom. The van der Waals surface area contributed by atoms with Crippen LogP contribution >= 0.6 is 0 Å². The minimum Gasteiger partial charge on any atom is -0.548 e. The van der Waals surface area contributed by atoms with E-state index in [-0.39, 0.29) is 12.2 Å². The Balaban J connectivity index is 1.80. The van der Waals surface area contributed by atoms with Crippen LogP contribution in [0.25, 0.3) is 10.9 Å². The summed E-state index contributed by atoms with van der Waals surface area (Å²) in [5, 5.41) is 31.1. The Bertz CT molecular complexity index is 1080. The van der Waals surface area contributed by atoms with Crippen molar-refractivity contribution in [2.45, 2.75) is 25.4 Å². The second kappa shape index (κ2) is 7.87. The van der Waals surface area contributed by atoms with Crippen LogP contribution in [0.4, 0.5) is 0 Å². The molecule has 1 amide bonds. The van der Waals surface area contributed by atoms with Gasteiger partial charge in [0.25, 0.3) is 5.56 Å². The van der Waals surface area contributed by atoms with E-state index >= 15 is 0 Å². The largest absolute Gasteiger partial charge is 0.548 e. The van der Waals surface area contributed by atoms with Crippen molar-refractivity contribution in [1.82, 2.24) is 20.3 Å². The van der Waals surface area contributed by atoms with Gasteiger partial charge in [0.1, 0.15) is 17.3 Å². The van der Waals surface area contributed by atoms with Crippen molar-refractivity contribution < 1.29 is 19.8 Å².